The molecule has 1 aliphatic heterocycles. The van der Waals surface area contributed by atoms with Crippen LogP contribution < -0.4 is 5.32 Å². The lowest BCUT2D eigenvalue weighted by Gasteiger charge is -2.24. The Kier molecular flexibility index (Phi) is 3.62. The highest BCUT2D eigenvalue weighted by molar-refractivity contribution is 6.30. The number of hydrogen-bond acceptors (Lipinski definition) is 3. The summed E-state index contributed by atoms with van der Waals surface area (Å²) in [5, 5.41) is 8.46. The van der Waals surface area contributed by atoms with Gasteiger partial charge in [0.05, 0.1) is 0 Å². The van der Waals surface area contributed by atoms with E-state index in [0.717, 1.165) is 27.8 Å². The maximum atomic E-state index is 6.02. The second-order valence-electron chi connectivity index (χ2n) is 6.03. The number of benzene rings is 2. The fourth-order valence-electron chi connectivity index (χ4n) is 2.91. The van der Waals surface area contributed by atoms with Gasteiger partial charge in [-0.05, 0) is 60.4 Å². The van der Waals surface area contributed by atoms with E-state index < -0.39 is 0 Å². The van der Waals surface area contributed by atoms with Gasteiger partial charge in [-0.2, -0.15) is 10.1 Å². The van der Waals surface area contributed by atoms with Gasteiger partial charge in [-0.15, -0.1) is 0 Å². The highest BCUT2D eigenvalue weighted by Crippen LogP contribution is 2.32. The number of aromatic nitrogens is 3. The number of halogens is 1. The number of allylic oxidation sites excluding steroid dienone is 1. The van der Waals surface area contributed by atoms with E-state index in [4.69, 9.17) is 11.6 Å². The van der Waals surface area contributed by atoms with E-state index in [1.807, 2.05) is 28.9 Å². The molecule has 3 aromatic rings. The summed E-state index contributed by atoms with van der Waals surface area (Å²) < 4.78 is 1.88. The predicted molar refractivity (Wildman–Crippen MR) is 97.1 cm³/mol. The fourth-order valence-corrected chi connectivity index (χ4v) is 3.03. The van der Waals surface area contributed by atoms with Crippen LogP contribution >= 0.6 is 11.6 Å². The minimum Gasteiger partial charge on any atom is -0.324 e. The Hall–Kier alpha value is -2.59. The number of anilines is 1. The molecule has 0 saturated carbocycles. The minimum atomic E-state index is -0.0161. The summed E-state index contributed by atoms with van der Waals surface area (Å²) in [6.07, 6.45) is 3.75. The van der Waals surface area contributed by atoms with E-state index in [2.05, 4.69) is 53.5 Å². The van der Waals surface area contributed by atoms with Gasteiger partial charge in [0, 0.05) is 10.7 Å². The fraction of sp³-hybridized carbons (Fsp3) is 0.158. The normalized spacial score (nSPS) is 16.3. The lowest BCUT2D eigenvalue weighted by molar-refractivity contribution is 0.612. The average molecular weight is 337 g/mol. The van der Waals surface area contributed by atoms with Gasteiger partial charge in [-0.25, -0.2) is 4.68 Å². The van der Waals surface area contributed by atoms with Crippen LogP contribution in [0.25, 0.3) is 5.70 Å². The van der Waals surface area contributed by atoms with Crippen LogP contribution in [0.4, 0.5) is 5.95 Å². The van der Waals surface area contributed by atoms with Gasteiger partial charge < -0.3 is 5.32 Å². The van der Waals surface area contributed by atoms with Gasteiger partial charge >= 0.3 is 0 Å². The highest BCUT2D eigenvalue weighted by atomic mass is 35.5. The molecule has 1 unspecified atom stereocenters. The van der Waals surface area contributed by atoms with Crippen LogP contribution in [0, 0.1) is 13.8 Å². The molecular weight excluding hydrogens is 320 g/mol. The number of aryl methyl sites for hydroxylation is 2. The molecule has 0 bridgehead atoms. The minimum absolute atomic E-state index is 0.0161. The Morgan fingerprint density at radius 3 is 2.58 bits per heavy atom. The van der Waals surface area contributed by atoms with Crippen molar-refractivity contribution in [2.45, 2.75) is 19.9 Å². The van der Waals surface area contributed by atoms with E-state index in [-0.39, 0.29) is 6.04 Å². The molecule has 1 aliphatic rings. The van der Waals surface area contributed by atoms with Crippen LogP contribution in [0.3, 0.4) is 0 Å². The second kappa shape index (κ2) is 5.80. The van der Waals surface area contributed by atoms with Gasteiger partial charge in [0.15, 0.2) is 0 Å². The molecule has 0 amide bonds. The van der Waals surface area contributed by atoms with Crippen LogP contribution in [0.2, 0.25) is 5.02 Å². The van der Waals surface area contributed by atoms with Gasteiger partial charge in [-0.1, -0.05) is 35.9 Å². The van der Waals surface area contributed by atoms with Crippen molar-refractivity contribution in [3.8, 4) is 0 Å². The van der Waals surface area contributed by atoms with Crippen LogP contribution in [0.15, 0.2) is 54.9 Å². The first kappa shape index (κ1) is 15.0. The molecule has 4 nitrogen and oxygen atoms in total. The largest absolute Gasteiger partial charge is 0.324 e. The van der Waals surface area contributed by atoms with Crippen molar-refractivity contribution in [2.75, 3.05) is 5.32 Å². The van der Waals surface area contributed by atoms with Gasteiger partial charge in [-0.3, -0.25) is 0 Å². The molecule has 2 heterocycles. The Morgan fingerprint density at radius 1 is 1.04 bits per heavy atom. The number of fused-ring (bicyclic) bond motifs is 1. The molecule has 0 aliphatic carbocycles. The summed E-state index contributed by atoms with van der Waals surface area (Å²) >= 11 is 6.02. The second-order valence-corrected chi connectivity index (χ2v) is 6.47. The Morgan fingerprint density at radius 2 is 1.83 bits per heavy atom. The van der Waals surface area contributed by atoms with Crippen molar-refractivity contribution < 1.29 is 0 Å². The molecule has 0 fully saturated rings. The molecule has 120 valence electrons. The van der Waals surface area contributed by atoms with E-state index in [0.29, 0.717) is 0 Å². The molecular formula is C19H17ClN4. The SMILES string of the molecule is Cc1ccc(C2=CC(c3ccc(Cl)cc3)n3ncnc3N2)cc1C. The highest BCUT2D eigenvalue weighted by Gasteiger charge is 2.23. The van der Waals surface area contributed by atoms with Crippen LogP contribution in [-0.2, 0) is 0 Å². The summed E-state index contributed by atoms with van der Waals surface area (Å²) in [5.41, 5.74) is 5.86. The standard InChI is InChI=1S/C19H17ClN4/c1-12-3-4-15(9-13(12)2)17-10-18(14-5-7-16(20)8-6-14)24-19(23-17)21-11-22-24/h3-11,18H,1-2H3,(H,21,22,23). The number of hydrogen-bond donors (Lipinski definition) is 1. The van der Waals surface area contributed by atoms with Crippen LogP contribution in [0.1, 0.15) is 28.3 Å². The molecule has 5 heteroatoms. The molecule has 0 spiro atoms. The van der Waals surface area contributed by atoms with Crippen LogP contribution in [-0.4, -0.2) is 14.8 Å². The van der Waals surface area contributed by atoms with Crippen molar-refractivity contribution in [1.82, 2.24) is 14.8 Å². The molecule has 1 aromatic heterocycles. The number of nitrogens with one attached hydrogen (secondary N) is 1. The smallest absolute Gasteiger partial charge is 0.226 e. The maximum Gasteiger partial charge on any atom is 0.226 e. The van der Waals surface area contributed by atoms with Crippen molar-refractivity contribution in [2.24, 2.45) is 0 Å². The van der Waals surface area contributed by atoms with Gasteiger partial charge in [0.1, 0.15) is 12.4 Å². The van der Waals surface area contributed by atoms with Crippen molar-refractivity contribution in [1.29, 1.82) is 0 Å². The first-order chi connectivity index (χ1) is 11.6. The van der Waals surface area contributed by atoms with E-state index >= 15 is 0 Å². The zero-order valence-corrected chi connectivity index (χ0v) is 14.2. The Balaban J connectivity index is 1.81. The number of nitrogens with zero attached hydrogens (tertiary/aromatic N) is 3. The van der Waals surface area contributed by atoms with Crippen molar-refractivity contribution in [3.63, 3.8) is 0 Å². The van der Waals surface area contributed by atoms with E-state index in [9.17, 15) is 0 Å². The summed E-state index contributed by atoms with van der Waals surface area (Å²) in [6, 6.07) is 14.3. The molecule has 2 aromatic carbocycles. The summed E-state index contributed by atoms with van der Waals surface area (Å²) in [6.45, 7) is 4.25. The molecule has 1 atom stereocenters. The monoisotopic (exact) mass is 336 g/mol. The first-order valence-electron chi connectivity index (χ1n) is 7.83. The summed E-state index contributed by atoms with van der Waals surface area (Å²) in [5.74, 6) is 0.741. The van der Waals surface area contributed by atoms with E-state index in [1.165, 1.54) is 11.1 Å². The zero-order valence-electron chi connectivity index (χ0n) is 13.5. The third-order valence-electron chi connectivity index (χ3n) is 4.44. The molecule has 4 rings (SSSR count). The zero-order chi connectivity index (χ0) is 16.7. The third kappa shape index (κ3) is 2.59. The maximum absolute atomic E-state index is 6.02. The number of rotatable bonds is 2. The summed E-state index contributed by atoms with van der Waals surface area (Å²) in [4.78, 5) is 4.34. The predicted octanol–water partition coefficient (Wildman–Crippen LogP) is 4.60. The third-order valence-corrected chi connectivity index (χ3v) is 4.69. The van der Waals surface area contributed by atoms with Crippen molar-refractivity contribution in [3.05, 3.63) is 82.1 Å². The first-order valence-corrected chi connectivity index (χ1v) is 8.21. The Bertz CT molecular complexity index is 925. The molecule has 0 radical (unpaired) electrons. The molecule has 24 heavy (non-hydrogen) atoms. The summed E-state index contributed by atoms with van der Waals surface area (Å²) in [7, 11) is 0. The topological polar surface area (TPSA) is 42.7 Å². The Labute approximate surface area is 145 Å². The quantitative estimate of drug-likeness (QED) is 0.743. The van der Waals surface area contributed by atoms with Gasteiger partial charge in [0.25, 0.3) is 0 Å². The van der Waals surface area contributed by atoms with Crippen molar-refractivity contribution >= 4 is 23.2 Å². The van der Waals surface area contributed by atoms with Crippen LogP contribution in [0.5, 0.6) is 0 Å². The average Bonchev–Trinajstić information content (AvgIpc) is 3.06. The lowest BCUT2D eigenvalue weighted by atomic mass is 9.99. The lowest BCUT2D eigenvalue weighted by Crippen LogP contribution is -2.20. The van der Waals surface area contributed by atoms with Gasteiger partial charge in [0.2, 0.25) is 5.95 Å². The van der Waals surface area contributed by atoms with E-state index in [1.54, 1.807) is 6.33 Å². The molecule has 0 saturated heterocycles. The molecule has 1 N–H and O–H groups in total.